The van der Waals surface area contributed by atoms with E-state index < -0.39 is 6.10 Å². The van der Waals surface area contributed by atoms with Crippen LogP contribution in [-0.4, -0.2) is 23.7 Å². The van der Waals surface area contributed by atoms with Crippen LogP contribution < -0.4 is 5.32 Å². The highest BCUT2D eigenvalue weighted by Crippen LogP contribution is 2.11. The standard InChI is InChI=1S/C16H16BrNO2/c17-14-8-4-7-13(10-14)16(20)18-11-15(19)9-12-5-2-1-3-6-12/h1-8,10,15,19H,9,11H2,(H,18,20)/t15-/m0/s1. The molecule has 2 rings (SSSR count). The smallest absolute Gasteiger partial charge is 0.251 e. The molecule has 0 spiro atoms. The number of amides is 1. The molecule has 3 nitrogen and oxygen atoms in total. The van der Waals surface area contributed by atoms with Crippen molar-refractivity contribution in [2.75, 3.05) is 6.54 Å². The van der Waals surface area contributed by atoms with Gasteiger partial charge in [0.1, 0.15) is 0 Å². The summed E-state index contributed by atoms with van der Waals surface area (Å²) in [4.78, 5) is 11.9. The Morgan fingerprint density at radius 3 is 2.60 bits per heavy atom. The molecule has 1 atom stereocenters. The number of carbonyl (C=O) groups is 1. The molecule has 2 aromatic carbocycles. The van der Waals surface area contributed by atoms with Crippen LogP contribution in [0.3, 0.4) is 0 Å². The highest BCUT2D eigenvalue weighted by molar-refractivity contribution is 9.10. The fraction of sp³-hybridized carbons (Fsp3) is 0.188. The Morgan fingerprint density at radius 1 is 1.15 bits per heavy atom. The zero-order valence-electron chi connectivity index (χ0n) is 10.9. The van der Waals surface area contributed by atoms with Crippen LogP contribution in [0.5, 0.6) is 0 Å². The number of rotatable bonds is 5. The third-order valence-corrected chi connectivity index (χ3v) is 3.39. The summed E-state index contributed by atoms with van der Waals surface area (Å²) in [6.45, 7) is 0.236. The van der Waals surface area contributed by atoms with Crippen molar-refractivity contribution in [2.24, 2.45) is 0 Å². The SMILES string of the molecule is O=C(NC[C@@H](O)Cc1ccccc1)c1cccc(Br)c1. The van der Waals surface area contributed by atoms with E-state index in [0.717, 1.165) is 10.0 Å². The van der Waals surface area contributed by atoms with Crippen LogP contribution in [0.25, 0.3) is 0 Å². The molecule has 0 saturated carbocycles. The Morgan fingerprint density at radius 2 is 1.90 bits per heavy atom. The first-order valence-corrected chi connectivity index (χ1v) is 7.20. The van der Waals surface area contributed by atoms with Crippen molar-refractivity contribution < 1.29 is 9.90 Å². The predicted molar refractivity (Wildman–Crippen MR) is 82.6 cm³/mol. The number of benzene rings is 2. The van der Waals surface area contributed by atoms with E-state index in [-0.39, 0.29) is 12.5 Å². The molecule has 0 saturated heterocycles. The van der Waals surface area contributed by atoms with E-state index in [1.165, 1.54) is 0 Å². The third-order valence-electron chi connectivity index (χ3n) is 2.90. The number of aliphatic hydroxyl groups excluding tert-OH is 1. The van der Waals surface area contributed by atoms with E-state index in [4.69, 9.17) is 0 Å². The van der Waals surface area contributed by atoms with Crippen LogP contribution in [0.15, 0.2) is 59.1 Å². The lowest BCUT2D eigenvalue weighted by atomic mass is 10.1. The first-order chi connectivity index (χ1) is 9.65. The molecule has 0 aliphatic carbocycles. The molecule has 0 bridgehead atoms. The average molecular weight is 334 g/mol. The van der Waals surface area contributed by atoms with Crippen LogP contribution in [0.2, 0.25) is 0 Å². The van der Waals surface area contributed by atoms with E-state index >= 15 is 0 Å². The van der Waals surface area contributed by atoms with Crippen LogP contribution in [0, 0.1) is 0 Å². The van der Waals surface area contributed by atoms with Crippen molar-refractivity contribution in [3.8, 4) is 0 Å². The number of halogens is 1. The molecule has 2 N–H and O–H groups in total. The maximum absolute atomic E-state index is 11.9. The van der Waals surface area contributed by atoms with Gasteiger partial charge in [-0.05, 0) is 23.8 Å². The summed E-state index contributed by atoms with van der Waals surface area (Å²) < 4.78 is 0.856. The predicted octanol–water partition coefficient (Wildman–Crippen LogP) is 2.78. The quantitative estimate of drug-likeness (QED) is 0.883. The maximum Gasteiger partial charge on any atom is 0.251 e. The third kappa shape index (κ3) is 4.47. The second-order valence-electron chi connectivity index (χ2n) is 4.56. The average Bonchev–Trinajstić information content (AvgIpc) is 2.46. The summed E-state index contributed by atoms with van der Waals surface area (Å²) in [7, 11) is 0. The van der Waals surface area contributed by atoms with Crippen LogP contribution in [0.4, 0.5) is 0 Å². The van der Waals surface area contributed by atoms with Gasteiger partial charge in [-0.2, -0.15) is 0 Å². The van der Waals surface area contributed by atoms with Crippen molar-refractivity contribution in [2.45, 2.75) is 12.5 Å². The van der Waals surface area contributed by atoms with E-state index in [0.29, 0.717) is 12.0 Å². The van der Waals surface area contributed by atoms with Gasteiger partial charge in [0, 0.05) is 23.0 Å². The van der Waals surface area contributed by atoms with Crippen molar-refractivity contribution >= 4 is 21.8 Å². The van der Waals surface area contributed by atoms with Gasteiger partial charge in [0.15, 0.2) is 0 Å². The Kier molecular flexibility index (Phi) is 5.32. The molecule has 0 heterocycles. The Bertz CT molecular complexity index is 572. The molecule has 0 fully saturated rings. The summed E-state index contributed by atoms with van der Waals surface area (Å²) in [5.74, 6) is -0.182. The molecule has 0 aliphatic rings. The molecular formula is C16H16BrNO2. The van der Waals surface area contributed by atoms with E-state index in [1.807, 2.05) is 36.4 Å². The monoisotopic (exact) mass is 333 g/mol. The molecule has 0 aliphatic heterocycles. The topological polar surface area (TPSA) is 49.3 Å². The normalized spacial score (nSPS) is 11.9. The van der Waals surface area contributed by atoms with Gasteiger partial charge in [-0.15, -0.1) is 0 Å². The summed E-state index contributed by atoms with van der Waals surface area (Å²) in [5.41, 5.74) is 1.63. The number of carbonyl (C=O) groups excluding carboxylic acids is 1. The van der Waals surface area contributed by atoms with Gasteiger partial charge in [-0.3, -0.25) is 4.79 Å². The number of aliphatic hydroxyl groups is 1. The lowest BCUT2D eigenvalue weighted by molar-refractivity contribution is 0.0916. The van der Waals surface area contributed by atoms with Crippen LogP contribution in [0.1, 0.15) is 15.9 Å². The first-order valence-electron chi connectivity index (χ1n) is 6.41. The van der Waals surface area contributed by atoms with Crippen molar-refractivity contribution in [3.63, 3.8) is 0 Å². The molecule has 0 unspecified atom stereocenters. The summed E-state index contributed by atoms with van der Waals surface area (Å²) in [5, 5.41) is 12.7. The highest BCUT2D eigenvalue weighted by Gasteiger charge is 2.09. The van der Waals surface area contributed by atoms with Gasteiger partial charge >= 0.3 is 0 Å². The molecule has 0 aromatic heterocycles. The number of hydrogen-bond donors (Lipinski definition) is 2. The van der Waals surface area contributed by atoms with Gasteiger partial charge in [-0.25, -0.2) is 0 Å². The summed E-state index contributed by atoms with van der Waals surface area (Å²) in [6.07, 6.45) is -0.0620. The molecule has 2 aromatic rings. The fourth-order valence-corrected chi connectivity index (χ4v) is 2.30. The zero-order valence-corrected chi connectivity index (χ0v) is 12.5. The minimum Gasteiger partial charge on any atom is -0.391 e. The highest BCUT2D eigenvalue weighted by atomic mass is 79.9. The maximum atomic E-state index is 11.9. The van der Waals surface area contributed by atoms with Crippen LogP contribution >= 0.6 is 15.9 Å². The lowest BCUT2D eigenvalue weighted by Gasteiger charge is -2.12. The zero-order chi connectivity index (χ0) is 14.4. The Balaban J connectivity index is 1.84. The minimum absolute atomic E-state index is 0.182. The van der Waals surface area contributed by atoms with Crippen LogP contribution in [-0.2, 0) is 6.42 Å². The minimum atomic E-state index is -0.589. The Hall–Kier alpha value is -1.65. The molecule has 20 heavy (non-hydrogen) atoms. The molecular weight excluding hydrogens is 318 g/mol. The van der Waals surface area contributed by atoms with E-state index in [1.54, 1.807) is 18.2 Å². The molecule has 104 valence electrons. The van der Waals surface area contributed by atoms with Gasteiger partial charge < -0.3 is 10.4 Å². The first kappa shape index (κ1) is 14.8. The summed E-state index contributed by atoms with van der Waals surface area (Å²) >= 11 is 3.33. The van der Waals surface area contributed by atoms with Gasteiger partial charge in [0.25, 0.3) is 5.91 Å². The van der Waals surface area contributed by atoms with Crippen molar-refractivity contribution in [3.05, 3.63) is 70.2 Å². The summed E-state index contributed by atoms with van der Waals surface area (Å²) in [6, 6.07) is 16.9. The molecule has 4 heteroatoms. The second-order valence-corrected chi connectivity index (χ2v) is 5.48. The van der Waals surface area contributed by atoms with Gasteiger partial charge in [-0.1, -0.05) is 52.3 Å². The Labute approximate surface area is 126 Å². The molecule has 1 amide bonds. The van der Waals surface area contributed by atoms with Crippen molar-refractivity contribution in [1.82, 2.24) is 5.32 Å². The van der Waals surface area contributed by atoms with Crippen molar-refractivity contribution in [1.29, 1.82) is 0 Å². The molecule has 0 radical (unpaired) electrons. The second kappa shape index (κ2) is 7.22. The van der Waals surface area contributed by atoms with Gasteiger partial charge in [0.2, 0.25) is 0 Å². The van der Waals surface area contributed by atoms with Gasteiger partial charge in [0.05, 0.1) is 6.10 Å². The van der Waals surface area contributed by atoms with E-state index in [2.05, 4.69) is 21.2 Å². The number of nitrogens with one attached hydrogen (secondary N) is 1. The lowest BCUT2D eigenvalue weighted by Crippen LogP contribution is -2.33. The fourth-order valence-electron chi connectivity index (χ4n) is 1.90. The largest absolute Gasteiger partial charge is 0.391 e. The van der Waals surface area contributed by atoms with E-state index in [9.17, 15) is 9.90 Å². The number of hydrogen-bond acceptors (Lipinski definition) is 2.